The summed E-state index contributed by atoms with van der Waals surface area (Å²) in [7, 11) is 1.91. The summed E-state index contributed by atoms with van der Waals surface area (Å²) in [4.78, 5) is 46.1. The Morgan fingerprint density at radius 3 is 2.63 bits per heavy atom. The molecule has 4 aromatic rings. The minimum atomic E-state index is -0.320. The summed E-state index contributed by atoms with van der Waals surface area (Å²) < 4.78 is 7.41. The van der Waals surface area contributed by atoms with Gasteiger partial charge in [0.15, 0.2) is 0 Å². The zero-order chi connectivity index (χ0) is 26.2. The minimum Gasteiger partial charge on any atom is -0.368 e. The highest BCUT2D eigenvalue weighted by Gasteiger charge is 2.31. The van der Waals surface area contributed by atoms with Crippen molar-refractivity contribution in [3.63, 3.8) is 0 Å². The van der Waals surface area contributed by atoms with E-state index in [0.29, 0.717) is 44.4 Å². The second kappa shape index (κ2) is 9.90. The number of aromatic nitrogens is 5. The van der Waals surface area contributed by atoms with Gasteiger partial charge < -0.3 is 29.4 Å². The second-order valence-electron chi connectivity index (χ2n) is 9.87. The Morgan fingerprint density at radius 1 is 1.08 bits per heavy atom. The van der Waals surface area contributed by atoms with Gasteiger partial charge in [0.1, 0.15) is 17.5 Å². The molecule has 0 spiro atoms. The van der Waals surface area contributed by atoms with Crippen LogP contribution < -0.4 is 5.32 Å². The Bertz CT molecular complexity index is 1500. The summed E-state index contributed by atoms with van der Waals surface area (Å²) in [5.74, 6) is 0.449. The van der Waals surface area contributed by atoms with E-state index < -0.39 is 0 Å². The standard InChI is InChI=1S/C27H30N8O3/c1-17-12-19(30-27-28-6-5-20(32-27)22-15-33(2)16-29-22)13-18-14-21(31-24(17)18)25(36)34-7-9-35(10-8-34)26(37)23-4-3-11-38-23/h5-6,12-16,23,31H,3-4,7-11H2,1-2H3,(H,28,30,32). The number of hydrogen-bond acceptors (Lipinski definition) is 7. The number of rotatable bonds is 5. The van der Waals surface area contributed by atoms with E-state index in [9.17, 15) is 9.59 Å². The largest absolute Gasteiger partial charge is 0.368 e. The first kappa shape index (κ1) is 24.1. The molecule has 1 aromatic carbocycles. The summed E-state index contributed by atoms with van der Waals surface area (Å²) in [6, 6.07) is 7.68. The molecule has 2 saturated heterocycles. The fourth-order valence-electron chi connectivity index (χ4n) is 5.12. The van der Waals surface area contributed by atoms with Crippen molar-refractivity contribution < 1.29 is 14.3 Å². The topological polar surface area (TPSA) is 121 Å². The first-order chi connectivity index (χ1) is 18.4. The maximum absolute atomic E-state index is 13.3. The van der Waals surface area contributed by atoms with Crippen LogP contribution in [0.25, 0.3) is 22.3 Å². The second-order valence-corrected chi connectivity index (χ2v) is 9.87. The highest BCUT2D eigenvalue weighted by Crippen LogP contribution is 2.27. The lowest BCUT2D eigenvalue weighted by Crippen LogP contribution is -2.52. The third-order valence-corrected chi connectivity index (χ3v) is 7.12. The Balaban J connectivity index is 1.15. The molecule has 3 aromatic heterocycles. The number of carbonyl (C=O) groups excluding carboxylic acids is 2. The number of hydrogen-bond donors (Lipinski definition) is 2. The SMILES string of the molecule is Cc1cc(Nc2nccc(-c3cn(C)cn3)n2)cc2cc(C(=O)N3CCN(C(=O)C4CCCO4)CC3)[nH]c12. The normalized spacial score (nSPS) is 17.8. The van der Waals surface area contributed by atoms with Crippen molar-refractivity contribution in [3.05, 3.63) is 54.2 Å². The van der Waals surface area contributed by atoms with Crippen molar-refractivity contribution in [1.82, 2.24) is 34.3 Å². The van der Waals surface area contributed by atoms with Crippen LogP contribution in [-0.2, 0) is 16.6 Å². The van der Waals surface area contributed by atoms with Gasteiger partial charge in [-0.2, -0.15) is 0 Å². The molecule has 196 valence electrons. The van der Waals surface area contributed by atoms with Crippen LogP contribution in [0.5, 0.6) is 0 Å². The number of fused-ring (bicyclic) bond motifs is 1. The summed E-state index contributed by atoms with van der Waals surface area (Å²) in [6.45, 7) is 4.70. The van der Waals surface area contributed by atoms with E-state index in [1.807, 2.05) is 53.9 Å². The van der Waals surface area contributed by atoms with Gasteiger partial charge in [0, 0.05) is 68.8 Å². The third-order valence-electron chi connectivity index (χ3n) is 7.12. The van der Waals surface area contributed by atoms with Gasteiger partial charge in [-0.1, -0.05) is 0 Å². The van der Waals surface area contributed by atoms with Gasteiger partial charge in [0.2, 0.25) is 5.95 Å². The van der Waals surface area contributed by atoms with Gasteiger partial charge >= 0.3 is 0 Å². The lowest BCUT2D eigenvalue weighted by molar-refractivity contribution is -0.142. The number of ether oxygens (including phenoxy) is 1. The van der Waals surface area contributed by atoms with Crippen LogP contribution in [0.4, 0.5) is 11.6 Å². The molecule has 0 radical (unpaired) electrons. The van der Waals surface area contributed by atoms with Crippen LogP contribution in [0.3, 0.4) is 0 Å². The monoisotopic (exact) mass is 514 g/mol. The lowest BCUT2D eigenvalue weighted by Gasteiger charge is -2.35. The number of nitrogens with zero attached hydrogens (tertiary/aromatic N) is 6. The Morgan fingerprint density at radius 2 is 1.89 bits per heavy atom. The molecular formula is C27H30N8O3. The number of anilines is 2. The highest BCUT2D eigenvalue weighted by atomic mass is 16.5. The summed E-state index contributed by atoms with van der Waals surface area (Å²) >= 11 is 0. The molecule has 2 aliphatic rings. The maximum Gasteiger partial charge on any atom is 0.270 e. The minimum absolute atomic E-state index is 0.0467. The Labute approximate surface area is 219 Å². The first-order valence-corrected chi connectivity index (χ1v) is 12.9. The smallest absolute Gasteiger partial charge is 0.270 e. The fraction of sp³-hybridized carbons (Fsp3) is 0.370. The van der Waals surface area contributed by atoms with Gasteiger partial charge in [-0.25, -0.2) is 15.0 Å². The number of carbonyl (C=O) groups is 2. The average Bonchev–Trinajstić information content (AvgIpc) is 3.69. The Kier molecular flexibility index (Phi) is 6.28. The van der Waals surface area contributed by atoms with E-state index in [1.54, 1.807) is 17.4 Å². The van der Waals surface area contributed by atoms with Gasteiger partial charge in [-0.3, -0.25) is 9.59 Å². The van der Waals surface area contributed by atoms with Crippen LogP contribution in [0.2, 0.25) is 0 Å². The van der Waals surface area contributed by atoms with Crippen LogP contribution in [0.15, 0.2) is 43.0 Å². The molecule has 11 nitrogen and oxygen atoms in total. The van der Waals surface area contributed by atoms with E-state index in [-0.39, 0.29) is 17.9 Å². The van der Waals surface area contributed by atoms with E-state index in [2.05, 4.69) is 25.3 Å². The number of aromatic amines is 1. The zero-order valence-electron chi connectivity index (χ0n) is 21.5. The van der Waals surface area contributed by atoms with Crippen molar-refractivity contribution in [2.45, 2.75) is 25.9 Å². The summed E-state index contributed by atoms with van der Waals surface area (Å²) in [5.41, 5.74) is 4.77. The quantitative estimate of drug-likeness (QED) is 0.420. The lowest BCUT2D eigenvalue weighted by atomic mass is 10.1. The molecule has 1 unspecified atom stereocenters. The van der Waals surface area contributed by atoms with E-state index in [4.69, 9.17) is 4.74 Å². The molecular weight excluding hydrogens is 484 g/mol. The van der Waals surface area contributed by atoms with Gasteiger partial charge in [-0.15, -0.1) is 0 Å². The van der Waals surface area contributed by atoms with Crippen molar-refractivity contribution >= 4 is 34.4 Å². The molecule has 0 saturated carbocycles. The Hall–Kier alpha value is -4.25. The molecule has 2 aliphatic heterocycles. The number of benzene rings is 1. The van der Waals surface area contributed by atoms with Crippen LogP contribution in [0, 0.1) is 6.92 Å². The molecule has 2 fully saturated rings. The van der Waals surface area contributed by atoms with Gasteiger partial charge in [-0.05, 0) is 49.6 Å². The van der Waals surface area contributed by atoms with E-state index in [1.165, 1.54) is 0 Å². The predicted octanol–water partition coefficient (Wildman–Crippen LogP) is 2.87. The molecule has 2 amide bonds. The van der Waals surface area contributed by atoms with Crippen LogP contribution in [-0.4, -0.2) is 85.0 Å². The number of H-pyrrole nitrogens is 1. The van der Waals surface area contributed by atoms with Gasteiger partial charge in [0.25, 0.3) is 11.8 Å². The number of nitrogens with one attached hydrogen (secondary N) is 2. The van der Waals surface area contributed by atoms with E-state index >= 15 is 0 Å². The number of imidazole rings is 1. The molecule has 2 N–H and O–H groups in total. The molecule has 11 heteroatoms. The van der Waals surface area contributed by atoms with Crippen LogP contribution >= 0.6 is 0 Å². The molecule has 5 heterocycles. The summed E-state index contributed by atoms with van der Waals surface area (Å²) in [5, 5.41) is 4.20. The fourth-order valence-corrected chi connectivity index (χ4v) is 5.12. The van der Waals surface area contributed by atoms with Crippen molar-refractivity contribution in [2.24, 2.45) is 7.05 Å². The van der Waals surface area contributed by atoms with E-state index in [0.717, 1.165) is 46.4 Å². The molecule has 38 heavy (non-hydrogen) atoms. The molecule has 1 atom stereocenters. The predicted molar refractivity (Wildman–Crippen MR) is 142 cm³/mol. The molecule has 0 aliphatic carbocycles. The molecule has 6 rings (SSSR count). The summed E-state index contributed by atoms with van der Waals surface area (Å²) in [6.07, 6.45) is 6.73. The van der Waals surface area contributed by atoms with Crippen molar-refractivity contribution in [3.8, 4) is 11.4 Å². The zero-order valence-corrected chi connectivity index (χ0v) is 21.5. The molecule has 0 bridgehead atoms. The average molecular weight is 515 g/mol. The third kappa shape index (κ3) is 4.72. The number of aryl methyl sites for hydroxylation is 2. The number of amides is 2. The number of piperazine rings is 1. The first-order valence-electron chi connectivity index (χ1n) is 12.9. The van der Waals surface area contributed by atoms with Gasteiger partial charge in [0.05, 0.1) is 12.0 Å². The van der Waals surface area contributed by atoms with Crippen molar-refractivity contribution in [2.75, 3.05) is 38.1 Å². The van der Waals surface area contributed by atoms with Crippen LogP contribution in [0.1, 0.15) is 28.9 Å². The van der Waals surface area contributed by atoms with Crippen molar-refractivity contribution in [1.29, 1.82) is 0 Å². The maximum atomic E-state index is 13.3. The highest BCUT2D eigenvalue weighted by molar-refractivity contribution is 5.99.